The lowest BCUT2D eigenvalue weighted by Crippen LogP contribution is -2.31. The standard InChI is InChI=1S/C17H19N3O5/c1-25-17(24)11-9-20(7-8-21)16(23)15(11)19-13-4-2-3-12-10(13)5-6-14(22)18-12/h2-4,19,21H,5-9H2,1H3,(H,18,22). The number of aliphatic hydroxyl groups is 1. The van der Waals surface area contributed by atoms with Crippen molar-refractivity contribution in [1.29, 1.82) is 0 Å². The number of hydrogen-bond acceptors (Lipinski definition) is 6. The zero-order valence-corrected chi connectivity index (χ0v) is 13.8. The Hall–Kier alpha value is -2.87. The molecule has 0 bridgehead atoms. The second-order valence-electron chi connectivity index (χ2n) is 5.80. The number of carbonyl (C=O) groups excluding carboxylic acids is 3. The number of anilines is 2. The summed E-state index contributed by atoms with van der Waals surface area (Å²) in [6.07, 6.45) is 0.902. The van der Waals surface area contributed by atoms with Gasteiger partial charge in [0.15, 0.2) is 0 Å². The minimum Gasteiger partial charge on any atom is -0.466 e. The van der Waals surface area contributed by atoms with Gasteiger partial charge in [0.25, 0.3) is 5.91 Å². The van der Waals surface area contributed by atoms with Crippen LogP contribution < -0.4 is 10.6 Å². The van der Waals surface area contributed by atoms with E-state index in [1.54, 1.807) is 18.2 Å². The average Bonchev–Trinajstić information content (AvgIpc) is 2.91. The Morgan fingerprint density at radius 1 is 1.36 bits per heavy atom. The molecule has 3 rings (SSSR count). The minimum absolute atomic E-state index is 0.0508. The molecule has 0 fully saturated rings. The van der Waals surface area contributed by atoms with Crippen molar-refractivity contribution in [3.63, 3.8) is 0 Å². The minimum atomic E-state index is -0.589. The molecule has 0 radical (unpaired) electrons. The third-order valence-electron chi connectivity index (χ3n) is 4.27. The van der Waals surface area contributed by atoms with E-state index in [1.807, 2.05) is 0 Å². The fourth-order valence-corrected chi connectivity index (χ4v) is 3.03. The Morgan fingerprint density at radius 3 is 2.88 bits per heavy atom. The molecule has 8 nitrogen and oxygen atoms in total. The molecule has 0 aliphatic carbocycles. The third-order valence-corrected chi connectivity index (χ3v) is 4.27. The predicted molar refractivity (Wildman–Crippen MR) is 89.7 cm³/mol. The van der Waals surface area contributed by atoms with E-state index < -0.39 is 5.97 Å². The van der Waals surface area contributed by atoms with E-state index in [0.29, 0.717) is 24.2 Å². The van der Waals surface area contributed by atoms with Gasteiger partial charge < -0.3 is 25.4 Å². The van der Waals surface area contributed by atoms with Gasteiger partial charge in [0.2, 0.25) is 5.91 Å². The number of rotatable bonds is 5. The maximum atomic E-state index is 12.6. The van der Waals surface area contributed by atoms with Crippen molar-refractivity contribution in [2.24, 2.45) is 0 Å². The lowest BCUT2D eigenvalue weighted by atomic mass is 10.0. The number of carbonyl (C=O) groups is 3. The van der Waals surface area contributed by atoms with E-state index in [1.165, 1.54) is 12.0 Å². The first-order valence-electron chi connectivity index (χ1n) is 7.95. The van der Waals surface area contributed by atoms with Crippen LogP contribution >= 0.6 is 0 Å². The smallest absolute Gasteiger partial charge is 0.337 e. The maximum absolute atomic E-state index is 12.6. The van der Waals surface area contributed by atoms with E-state index in [4.69, 9.17) is 9.84 Å². The van der Waals surface area contributed by atoms with E-state index in [-0.39, 0.29) is 42.8 Å². The topological polar surface area (TPSA) is 108 Å². The molecule has 0 saturated heterocycles. The Kier molecular flexibility index (Phi) is 4.71. The molecule has 8 heteroatoms. The van der Waals surface area contributed by atoms with Gasteiger partial charge in [0.1, 0.15) is 5.70 Å². The SMILES string of the molecule is COC(=O)C1=C(Nc2cccc3c2CCC(=O)N3)C(=O)N(CCO)C1. The number of methoxy groups -OCH3 is 1. The largest absolute Gasteiger partial charge is 0.466 e. The van der Waals surface area contributed by atoms with Gasteiger partial charge in [-0.1, -0.05) is 6.07 Å². The first-order valence-corrected chi connectivity index (χ1v) is 7.95. The van der Waals surface area contributed by atoms with E-state index in [2.05, 4.69) is 10.6 Å². The number of nitrogens with one attached hydrogen (secondary N) is 2. The molecule has 3 N–H and O–H groups in total. The number of amides is 2. The normalized spacial score (nSPS) is 16.6. The molecule has 0 atom stereocenters. The summed E-state index contributed by atoms with van der Waals surface area (Å²) in [5.74, 6) is -1.01. The summed E-state index contributed by atoms with van der Waals surface area (Å²) in [5.41, 5.74) is 2.60. The molecule has 0 unspecified atom stereocenters. The van der Waals surface area contributed by atoms with Crippen LogP contribution in [0.1, 0.15) is 12.0 Å². The number of β-amino-alcohol motifs (C(OH)–C–C–N with tert-alkyl or cyclic N) is 1. The molecule has 132 valence electrons. The first-order chi connectivity index (χ1) is 12.0. The van der Waals surface area contributed by atoms with Crippen LogP contribution in [0.3, 0.4) is 0 Å². The average molecular weight is 345 g/mol. The van der Waals surface area contributed by atoms with Gasteiger partial charge in [-0.25, -0.2) is 4.79 Å². The lowest BCUT2D eigenvalue weighted by molar-refractivity contribution is -0.136. The van der Waals surface area contributed by atoms with Crippen LogP contribution in [-0.2, 0) is 25.5 Å². The second kappa shape index (κ2) is 6.94. The second-order valence-corrected chi connectivity index (χ2v) is 5.80. The van der Waals surface area contributed by atoms with Crippen molar-refractivity contribution in [1.82, 2.24) is 4.90 Å². The van der Waals surface area contributed by atoms with Gasteiger partial charge in [0, 0.05) is 24.3 Å². The fraction of sp³-hybridized carbons (Fsp3) is 0.353. The number of ether oxygens (including phenoxy) is 1. The van der Waals surface area contributed by atoms with Gasteiger partial charge in [0.05, 0.1) is 25.8 Å². The van der Waals surface area contributed by atoms with Crippen LogP contribution in [0.15, 0.2) is 29.5 Å². The van der Waals surface area contributed by atoms with Gasteiger partial charge in [-0.15, -0.1) is 0 Å². The van der Waals surface area contributed by atoms with Gasteiger partial charge in [-0.2, -0.15) is 0 Å². The van der Waals surface area contributed by atoms with Crippen molar-refractivity contribution >= 4 is 29.2 Å². The number of benzene rings is 1. The lowest BCUT2D eigenvalue weighted by Gasteiger charge is -2.21. The van der Waals surface area contributed by atoms with Crippen molar-refractivity contribution in [2.75, 3.05) is 37.4 Å². The Balaban J connectivity index is 1.94. The summed E-state index contributed by atoms with van der Waals surface area (Å²) >= 11 is 0. The van der Waals surface area contributed by atoms with Crippen LogP contribution in [0.25, 0.3) is 0 Å². The zero-order valence-electron chi connectivity index (χ0n) is 13.8. The first kappa shape index (κ1) is 17.0. The summed E-state index contributed by atoms with van der Waals surface area (Å²) in [7, 11) is 1.26. The summed E-state index contributed by atoms with van der Waals surface area (Å²) < 4.78 is 4.77. The fourth-order valence-electron chi connectivity index (χ4n) is 3.03. The van der Waals surface area contributed by atoms with Crippen LogP contribution in [0.4, 0.5) is 11.4 Å². The Bertz CT molecular complexity index is 772. The predicted octanol–water partition coefficient (Wildman–Crippen LogP) is 0.245. The summed E-state index contributed by atoms with van der Waals surface area (Å²) in [6, 6.07) is 5.35. The quantitative estimate of drug-likeness (QED) is 0.660. The maximum Gasteiger partial charge on any atom is 0.337 e. The number of esters is 1. The van der Waals surface area contributed by atoms with Gasteiger partial charge in [-0.05, 0) is 24.1 Å². The zero-order chi connectivity index (χ0) is 18.0. The van der Waals surface area contributed by atoms with Crippen LogP contribution in [0.5, 0.6) is 0 Å². The van der Waals surface area contributed by atoms with Gasteiger partial charge in [-0.3, -0.25) is 9.59 Å². The van der Waals surface area contributed by atoms with Crippen molar-refractivity contribution in [2.45, 2.75) is 12.8 Å². The highest BCUT2D eigenvalue weighted by molar-refractivity contribution is 6.09. The molecule has 0 spiro atoms. The summed E-state index contributed by atoms with van der Waals surface area (Å²) in [6.45, 7) is 0.0217. The molecule has 2 aliphatic heterocycles. The van der Waals surface area contributed by atoms with Crippen LogP contribution in [0, 0.1) is 0 Å². The molecule has 0 saturated carbocycles. The van der Waals surface area contributed by atoms with Crippen molar-refractivity contribution in [3.05, 3.63) is 35.0 Å². The molecule has 2 amide bonds. The third kappa shape index (κ3) is 3.20. The number of hydrogen-bond donors (Lipinski definition) is 3. The molecular weight excluding hydrogens is 326 g/mol. The van der Waals surface area contributed by atoms with E-state index >= 15 is 0 Å². The monoisotopic (exact) mass is 345 g/mol. The summed E-state index contributed by atoms with van der Waals surface area (Å²) in [5, 5.41) is 14.9. The van der Waals surface area contributed by atoms with E-state index in [9.17, 15) is 14.4 Å². The van der Waals surface area contributed by atoms with Crippen LogP contribution in [0.2, 0.25) is 0 Å². The molecule has 2 aliphatic rings. The summed E-state index contributed by atoms with van der Waals surface area (Å²) in [4.78, 5) is 37.5. The molecular formula is C17H19N3O5. The Labute approximate surface area is 144 Å². The molecule has 0 aromatic heterocycles. The number of nitrogens with zero attached hydrogens (tertiary/aromatic N) is 1. The molecule has 1 aromatic rings. The van der Waals surface area contributed by atoms with Gasteiger partial charge >= 0.3 is 5.97 Å². The Morgan fingerprint density at radius 2 is 2.16 bits per heavy atom. The number of aliphatic hydroxyl groups excluding tert-OH is 1. The molecule has 1 aromatic carbocycles. The van der Waals surface area contributed by atoms with Crippen molar-refractivity contribution in [3.8, 4) is 0 Å². The van der Waals surface area contributed by atoms with Crippen LogP contribution in [-0.4, -0.2) is 54.6 Å². The highest BCUT2D eigenvalue weighted by Gasteiger charge is 2.35. The highest BCUT2D eigenvalue weighted by Crippen LogP contribution is 2.32. The molecule has 2 heterocycles. The number of fused-ring (bicyclic) bond motifs is 1. The highest BCUT2D eigenvalue weighted by atomic mass is 16.5. The van der Waals surface area contributed by atoms with E-state index in [0.717, 1.165) is 5.56 Å². The van der Waals surface area contributed by atoms with Crippen molar-refractivity contribution < 1.29 is 24.2 Å². The molecule has 25 heavy (non-hydrogen) atoms.